The summed E-state index contributed by atoms with van der Waals surface area (Å²) in [5.41, 5.74) is 0.00952. The Kier molecular flexibility index (Phi) is 6.06. The normalized spacial score (nSPS) is 11.5. The van der Waals surface area contributed by atoms with Crippen LogP contribution in [-0.4, -0.2) is 39.8 Å². The van der Waals surface area contributed by atoms with Gasteiger partial charge in [0.15, 0.2) is 6.10 Å². The van der Waals surface area contributed by atoms with E-state index in [-0.39, 0.29) is 24.3 Å². The zero-order valence-electron chi connectivity index (χ0n) is 10.6. The number of halogens is 1. The van der Waals surface area contributed by atoms with Crippen LogP contribution in [0.3, 0.4) is 0 Å². The Morgan fingerprint density at radius 1 is 1.43 bits per heavy atom. The molecule has 0 aromatic heterocycles. The fourth-order valence-corrected chi connectivity index (χ4v) is 1.68. The minimum Gasteiger partial charge on any atom is -0.479 e. The summed E-state index contributed by atoms with van der Waals surface area (Å²) in [6.45, 7) is -0.0636. The quantitative estimate of drug-likeness (QED) is 0.444. The molecule has 0 aliphatic carbocycles. The van der Waals surface area contributed by atoms with Gasteiger partial charge in [0.1, 0.15) is 0 Å². The number of carboxylic acid groups (broad SMARTS) is 1. The van der Waals surface area contributed by atoms with E-state index in [4.69, 9.17) is 10.2 Å². The molecule has 9 nitrogen and oxygen atoms in total. The number of urea groups is 1. The van der Waals surface area contributed by atoms with Gasteiger partial charge < -0.3 is 20.8 Å². The van der Waals surface area contributed by atoms with Crippen molar-refractivity contribution in [3.8, 4) is 0 Å². The number of non-ortho nitro benzene ring substituents is 1. The lowest BCUT2D eigenvalue weighted by atomic mass is 10.2. The predicted molar refractivity (Wildman–Crippen MR) is 76.1 cm³/mol. The van der Waals surface area contributed by atoms with Crippen LogP contribution >= 0.6 is 15.9 Å². The van der Waals surface area contributed by atoms with Crippen molar-refractivity contribution in [1.29, 1.82) is 0 Å². The smallest absolute Gasteiger partial charge is 0.332 e. The Morgan fingerprint density at radius 3 is 2.67 bits per heavy atom. The number of rotatable bonds is 6. The van der Waals surface area contributed by atoms with Crippen molar-refractivity contribution in [2.45, 2.75) is 12.5 Å². The first-order valence-electron chi connectivity index (χ1n) is 5.71. The molecule has 0 aliphatic heterocycles. The number of anilines is 1. The van der Waals surface area contributed by atoms with Gasteiger partial charge in [-0.05, 0) is 22.0 Å². The molecule has 0 fully saturated rings. The number of aliphatic hydroxyl groups excluding tert-OH is 1. The van der Waals surface area contributed by atoms with Crippen LogP contribution in [0, 0.1) is 10.1 Å². The zero-order valence-corrected chi connectivity index (χ0v) is 12.2. The van der Waals surface area contributed by atoms with E-state index in [1.165, 1.54) is 18.2 Å². The Labute approximate surface area is 127 Å². The van der Waals surface area contributed by atoms with Crippen LogP contribution in [0.2, 0.25) is 0 Å². The maximum absolute atomic E-state index is 11.6. The molecule has 0 unspecified atom stereocenters. The molecule has 1 rings (SSSR count). The first-order chi connectivity index (χ1) is 9.81. The molecule has 0 radical (unpaired) electrons. The molecule has 1 aromatic rings. The number of amides is 2. The third-order valence-corrected chi connectivity index (χ3v) is 3.09. The maximum Gasteiger partial charge on any atom is 0.332 e. The van der Waals surface area contributed by atoms with Gasteiger partial charge in [0, 0.05) is 29.6 Å². The molecule has 0 heterocycles. The molecule has 0 bridgehead atoms. The molecule has 4 N–H and O–H groups in total. The summed E-state index contributed by atoms with van der Waals surface area (Å²) in [6.07, 6.45) is -1.71. The van der Waals surface area contributed by atoms with Gasteiger partial charge in [-0.25, -0.2) is 9.59 Å². The van der Waals surface area contributed by atoms with Gasteiger partial charge in [0.25, 0.3) is 5.69 Å². The van der Waals surface area contributed by atoms with Crippen LogP contribution in [0.5, 0.6) is 0 Å². The SMILES string of the molecule is O=C(NCC[C@H](O)C(=O)O)Nc1cc([N+](=O)[O-])ccc1Br. The number of aliphatic carboxylic acids is 1. The maximum atomic E-state index is 11.6. The van der Waals surface area contributed by atoms with Crippen molar-refractivity contribution in [3.05, 3.63) is 32.8 Å². The second-order valence-corrected chi connectivity index (χ2v) is 4.80. The predicted octanol–water partition coefficient (Wildman–Crippen LogP) is 1.31. The van der Waals surface area contributed by atoms with E-state index < -0.39 is 23.0 Å². The third kappa shape index (κ3) is 5.36. The Balaban J connectivity index is 2.57. The third-order valence-electron chi connectivity index (χ3n) is 2.40. The fraction of sp³-hybridized carbons (Fsp3) is 0.273. The monoisotopic (exact) mass is 361 g/mol. The van der Waals surface area contributed by atoms with E-state index in [1.807, 2.05) is 0 Å². The van der Waals surface area contributed by atoms with Crippen molar-refractivity contribution in [1.82, 2.24) is 5.32 Å². The number of nitrogens with one attached hydrogen (secondary N) is 2. The number of nitro groups is 1. The van der Waals surface area contributed by atoms with Gasteiger partial charge in [-0.2, -0.15) is 0 Å². The van der Waals surface area contributed by atoms with Crippen molar-refractivity contribution >= 4 is 39.3 Å². The second-order valence-electron chi connectivity index (χ2n) is 3.94. The lowest BCUT2D eigenvalue weighted by Gasteiger charge is -2.10. The molecule has 0 aliphatic rings. The largest absolute Gasteiger partial charge is 0.479 e. The highest BCUT2D eigenvalue weighted by molar-refractivity contribution is 9.10. The number of hydrogen-bond donors (Lipinski definition) is 4. The second kappa shape index (κ2) is 7.55. The summed E-state index contributed by atoms with van der Waals surface area (Å²) in [6, 6.07) is 3.20. The van der Waals surface area contributed by atoms with E-state index in [0.29, 0.717) is 4.47 Å². The summed E-state index contributed by atoms with van der Waals surface area (Å²) >= 11 is 3.14. The molecule has 114 valence electrons. The van der Waals surface area contributed by atoms with E-state index >= 15 is 0 Å². The molecule has 0 saturated carbocycles. The van der Waals surface area contributed by atoms with Crippen LogP contribution in [0.4, 0.5) is 16.2 Å². The lowest BCUT2D eigenvalue weighted by molar-refractivity contribution is -0.384. The Hall–Kier alpha value is -2.20. The average molecular weight is 362 g/mol. The standard InChI is InChI=1S/C11H12BrN3O6/c12-7-2-1-6(15(20)21)5-8(7)14-11(19)13-4-3-9(16)10(17)18/h1-2,5,9,16H,3-4H2,(H,17,18)(H2,13,14,19)/t9-/m0/s1. The number of carbonyl (C=O) groups is 2. The summed E-state index contributed by atoms with van der Waals surface area (Å²) in [4.78, 5) is 32.0. The molecule has 0 spiro atoms. The number of nitrogens with zero attached hydrogens (tertiary/aromatic N) is 1. The van der Waals surface area contributed by atoms with E-state index in [0.717, 1.165) is 0 Å². The number of benzene rings is 1. The molecule has 10 heteroatoms. The minimum atomic E-state index is -1.56. The van der Waals surface area contributed by atoms with Crippen LogP contribution in [0.15, 0.2) is 22.7 Å². The van der Waals surface area contributed by atoms with Crippen LogP contribution in [-0.2, 0) is 4.79 Å². The number of aliphatic hydroxyl groups is 1. The van der Waals surface area contributed by atoms with Crippen LogP contribution in [0.25, 0.3) is 0 Å². The van der Waals surface area contributed by atoms with Crippen molar-refractivity contribution in [2.75, 3.05) is 11.9 Å². The minimum absolute atomic E-state index is 0.0636. The van der Waals surface area contributed by atoms with Gasteiger partial charge in [-0.15, -0.1) is 0 Å². The molecule has 21 heavy (non-hydrogen) atoms. The number of carbonyl (C=O) groups excluding carboxylic acids is 1. The summed E-state index contributed by atoms with van der Waals surface area (Å²) in [7, 11) is 0. The number of hydrogen-bond acceptors (Lipinski definition) is 5. The van der Waals surface area contributed by atoms with Gasteiger partial charge >= 0.3 is 12.0 Å². The first-order valence-corrected chi connectivity index (χ1v) is 6.50. The first kappa shape index (κ1) is 16.9. The highest BCUT2D eigenvalue weighted by Gasteiger charge is 2.14. The summed E-state index contributed by atoms with van der Waals surface area (Å²) < 4.78 is 0.453. The molecule has 1 atom stereocenters. The van der Waals surface area contributed by atoms with Gasteiger partial charge in [-0.3, -0.25) is 10.1 Å². The summed E-state index contributed by atoms with van der Waals surface area (Å²) in [5, 5.41) is 32.8. The topological polar surface area (TPSA) is 142 Å². The van der Waals surface area contributed by atoms with Gasteiger partial charge in [0.05, 0.1) is 10.6 Å². The van der Waals surface area contributed by atoms with Crippen LogP contribution < -0.4 is 10.6 Å². The zero-order chi connectivity index (χ0) is 16.0. The lowest BCUT2D eigenvalue weighted by Crippen LogP contribution is -2.33. The molecule has 1 aromatic carbocycles. The highest BCUT2D eigenvalue weighted by atomic mass is 79.9. The molecular weight excluding hydrogens is 350 g/mol. The van der Waals surface area contributed by atoms with Crippen molar-refractivity contribution in [3.63, 3.8) is 0 Å². The van der Waals surface area contributed by atoms with E-state index in [1.54, 1.807) is 0 Å². The Bertz CT molecular complexity index is 565. The van der Waals surface area contributed by atoms with Crippen molar-refractivity contribution < 1.29 is 24.7 Å². The molecule has 2 amide bonds. The van der Waals surface area contributed by atoms with Crippen LogP contribution in [0.1, 0.15) is 6.42 Å². The van der Waals surface area contributed by atoms with Gasteiger partial charge in [0.2, 0.25) is 0 Å². The highest BCUT2D eigenvalue weighted by Crippen LogP contribution is 2.26. The number of carboxylic acids is 1. The fourth-order valence-electron chi connectivity index (χ4n) is 1.34. The van der Waals surface area contributed by atoms with E-state index in [2.05, 4.69) is 26.6 Å². The molecule has 0 saturated heterocycles. The van der Waals surface area contributed by atoms with E-state index in [9.17, 15) is 19.7 Å². The summed E-state index contributed by atoms with van der Waals surface area (Å²) in [5.74, 6) is -1.38. The molecular formula is C11H12BrN3O6. The average Bonchev–Trinajstić information content (AvgIpc) is 2.40. The van der Waals surface area contributed by atoms with Gasteiger partial charge in [-0.1, -0.05) is 0 Å². The number of nitro benzene ring substituents is 1. The Morgan fingerprint density at radius 2 is 2.10 bits per heavy atom. The van der Waals surface area contributed by atoms with Crippen molar-refractivity contribution in [2.24, 2.45) is 0 Å².